The number of hydrogen-bond acceptors (Lipinski definition) is 4. The maximum Gasteiger partial charge on any atom is 0.227 e. The third-order valence-corrected chi connectivity index (χ3v) is 4.28. The third kappa shape index (κ3) is 3.09. The van der Waals surface area contributed by atoms with E-state index in [-0.39, 0.29) is 5.75 Å². The van der Waals surface area contributed by atoms with Crippen molar-refractivity contribution in [3.63, 3.8) is 0 Å². The van der Waals surface area contributed by atoms with Gasteiger partial charge >= 0.3 is 0 Å². The number of benzene rings is 3. The first-order valence-electron chi connectivity index (χ1n) is 8.40. The fraction of sp³-hybridized carbons (Fsp3) is 0.0909. The molecular weight excluding hydrogens is 324 g/mol. The molecule has 0 fully saturated rings. The van der Waals surface area contributed by atoms with Crippen molar-refractivity contribution < 1.29 is 9.52 Å². The lowest BCUT2D eigenvalue weighted by Crippen LogP contribution is -1.84. The summed E-state index contributed by atoms with van der Waals surface area (Å²) in [5.41, 5.74) is 6.15. The molecule has 0 aliphatic rings. The number of aromatic nitrogens is 1. The first kappa shape index (κ1) is 16.1. The topological polar surface area (TPSA) is 58.6 Å². The zero-order valence-electron chi connectivity index (χ0n) is 14.6. The number of nitrogens with zero attached hydrogens (tertiary/aromatic N) is 2. The van der Waals surface area contributed by atoms with E-state index in [0.29, 0.717) is 11.5 Å². The van der Waals surface area contributed by atoms with Crippen molar-refractivity contribution in [2.75, 3.05) is 0 Å². The molecule has 128 valence electrons. The Kier molecular flexibility index (Phi) is 4.01. The molecule has 0 unspecified atom stereocenters. The number of phenols is 1. The molecule has 0 amide bonds. The van der Waals surface area contributed by atoms with Gasteiger partial charge in [-0.1, -0.05) is 24.3 Å². The number of aryl methyl sites for hydroxylation is 2. The Morgan fingerprint density at radius 1 is 1.00 bits per heavy atom. The van der Waals surface area contributed by atoms with Crippen molar-refractivity contribution in [3.8, 4) is 17.2 Å². The highest BCUT2D eigenvalue weighted by Crippen LogP contribution is 2.29. The van der Waals surface area contributed by atoms with E-state index in [1.165, 1.54) is 0 Å². The fourth-order valence-electron chi connectivity index (χ4n) is 2.78. The number of fused-ring (bicyclic) bond motifs is 1. The van der Waals surface area contributed by atoms with E-state index in [9.17, 15) is 5.11 Å². The Morgan fingerprint density at radius 3 is 2.69 bits per heavy atom. The number of hydrogen-bond donors (Lipinski definition) is 1. The summed E-state index contributed by atoms with van der Waals surface area (Å²) in [6, 6.07) is 19.0. The van der Waals surface area contributed by atoms with Gasteiger partial charge in [-0.25, -0.2) is 4.98 Å². The first-order chi connectivity index (χ1) is 12.6. The molecule has 4 heteroatoms. The minimum atomic E-state index is 0.208. The van der Waals surface area contributed by atoms with Gasteiger partial charge in [0, 0.05) is 17.3 Å². The van der Waals surface area contributed by atoms with E-state index in [1.54, 1.807) is 18.3 Å². The van der Waals surface area contributed by atoms with Crippen LogP contribution in [-0.4, -0.2) is 16.3 Å². The first-order valence-corrected chi connectivity index (χ1v) is 8.40. The van der Waals surface area contributed by atoms with E-state index in [0.717, 1.165) is 33.5 Å². The summed E-state index contributed by atoms with van der Waals surface area (Å²) in [4.78, 5) is 9.13. The minimum Gasteiger partial charge on any atom is -0.507 e. The number of rotatable bonds is 3. The Morgan fingerprint density at radius 2 is 1.85 bits per heavy atom. The summed E-state index contributed by atoms with van der Waals surface area (Å²) < 4.78 is 5.88. The van der Waals surface area contributed by atoms with E-state index in [1.807, 2.05) is 62.4 Å². The molecule has 4 rings (SSSR count). The molecule has 0 aliphatic carbocycles. The van der Waals surface area contributed by atoms with Gasteiger partial charge in [-0.3, -0.25) is 4.99 Å². The second-order valence-electron chi connectivity index (χ2n) is 6.31. The van der Waals surface area contributed by atoms with Crippen molar-refractivity contribution in [2.45, 2.75) is 13.8 Å². The van der Waals surface area contributed by atoms with E-state index >= 15 is 0 Å². The second-order valence-corrected chi connectivity index (χ2v) is 6.31. The summed E-state index contributed by atoms with van der Waals surface area (Å²) in [6.07, 6.45) is 1.66. The zero-order chi connectivity index (χ0) is 18.1. The maximum atomic E-state index is 9.88. The maximum absolute atomic E-state index is 9.88. The lowest BCUT2D eigenvalue weighted by Gasteiger charge is -2.03. The fourth-order valence-corrected chi connectivity index (χ4v) is 2.78. The number of aliphatic imine (C=N–C) groups is 1. The molecule has 4 aromatic rings. The highest BCUT2D eigenvalue weighted by molar-refractivity contribution is 5.86. The van der Waals surface area contributed by atoms with Crippen LogP contribution in [0.1, 0.15) is 16.7 Å². The molecule has 26 heavy (non-hydrogen) atoms. The van der Waals surface area contributed by atoms with Crippen LogP contribution >= 0.6 is 0 Å². The van der Waals surface area contributed by atoms with Crippen LogP contribution in [-0.2, 0) is 0 Å². The van der Waals surface area contributed by atoms with Crippen LogP contribution in [0.4, 0.5) is 5.69 Å². The van der Waals surface area contributed by atoms with Crippen LogP contribution in [0.2, 0.25) is 0 Å². The number of oxazole rings is 1. The molecule has 1 aromatic heterocycles. The van der Waals surface area contributed by atoms with Crippen LogP contribution in [0.25, 0.3) is 22.6 Å². The smallest absolute Gasteiger partial charge is 0.227 e. The van der Waals surface area contributed by atoms with Gasteiger partial charge in [0.2, 0.25) is 5.89 Å². The van der Waals surface area contributed by atoms with Gasteiger partial charge in [0.1, 0.15) is 11.3 Å². The quantitative estimate of drug-likeness (QED) is 0.495. The summed E-state index contributed by atoms with van der Waals surface area (Å²) in [5, 5.41) is 9.88. The highest BCUT2D eigenvalue weighted by atomic mass is 16.3. The van der Waals surface area contributed by atoms with Crippen molar-refractivity contribution in [1.82, 2.24) is 4.98 Å². The normalized spacial score (nSPS) is 11.5. The molecule has 3 aromatic carbocycles. The highest BCUT2D eigenvalue weighted by Gasteiger charge is 2.10. The lowest BCUT2D eigenvalue weighted by atomic mass is 10.1. The minimum absolute atomic E-state index is 0.208. The van der Waals surface area contributed by atoms with E-state index in [4.69, 9.17) is 4.42 Å². The molecule has 0 radical (unpaired) electrons. The van der Waals surface area contributed by atoms with Crippen molar-refractivity contribution in [3.05, 3.63) is 77.4 Å². The molecular formula is C22H18N2O2. The number of para-hydroxylation sites is 1. The number of aromatic hydroxyl groups is 1. The molecule has 1 N–H and O–H groups in total. The second kappa shape index (κ2) is 6.48. The van der Waals surface area contributed by atoms with Crippen LogP contribution in [0.15, 0.2) is 70.1 Å². The van der Waals surface area contributed by atoms with Crippen LogP contribution in [0.3, 0.4) is 0 Å². The Balaban J connectivity index is 1.72. The Bertz CT molecular complexity index is 1130. The standard InChI is InChI=1S/C22H18N2O2/c1-14-7-10-21-19(11-14)24-22(26-21)16-9-8-15(2)18(12-16)23-13-17-5-3-4-6-20(17)25/h3-13,25H,1-2H3. The van der Waals surface area contributed by atoms with Crippen LogP contribution in [0.5, 0.6) is 5.75 Å². The van der Waals surface area contributed by atoms with Crippen LogP contribution < -0.4 is 0 Å². The predicted octanol–water partition coefficient (Wildman–Crippen LogP) is 5.57. The average Bonchev–Trinajstić information content (AvgIpc) is 3.05. The van der Waals surface area contributed by atoms with E-state index in [2.05, 4.69) is 9.98 Å². The van der Waals surface area contributed by atoms with Crippen molar-refractivity contribution >= 4 is 23.0 Å². The van der Waals surface area contributed by atoms with Gasteiger partial charge < -0.3 is 9.52 Å². The molecule has 0 atom stereocenters. The molecule has 1 heterocycles. The van der Waals surface area contributed by atoms with Gasteiger partial charge in [0.15, 0.2) is 5.58 Å². The summed E-state index contributed by atoms with van der Waals surface area (Å²) >= 11 is 0. The predicted molar refractivity (Wildman–Crippen MR) is 104 cm³/mol. The number of phenolic OH excluding ortho intramolecular Hbond substituents is 1. The summed E-state index contributed by atoms with van der Waals surface area (Å²) in [5.74, 6) is 0.781. The molecule has 0 aliphatic heterocycles. The molecule has 0 saturated heterocycles. The van der Waals surface area contributed by atoms with Gasteiger partial charge in [0.05, 0.1) is 5.69 Å². The third-order valence-electron chi connectivity index (χ3n) is 4.28. The summed E-state index contributed by atoms with van der Waals surface area (Å²) in [7, 11) is 0. The van der Waals surface area contributed by atoms with Gasteiger partial charge in [-0.2, -0.15) is 0 Å². The Hall–Kier alpha value is -3.40. The van der Waals surface area contributed by atoms with Gasteiger partial charge in [0.25, 0.3) is 0 Å². The van der Waals surface area contributed by atoms with Gasteiger partial charge in [-0.15, -0.1) is 0 Å². The molecule has 4 nitrogen and oxygen atoms in total. The van der Waals surface area contributed by atoms with Crippen molar-refractivity contribution in [2.24, 2.45) is 4.99 Å². The zero-order valence-corrected chi connectivity index (χ0v) is 14.6. The summed E-state index contributed by atoms with van der Waals surface area (Å²) in [6.45, 7) is 4.03. The molecule has 0 saturated carbocycles. The molecule has 0 spiro atoms. The lowest BCUT2D eigenvalue weighted by molar-refractivity contribution is 0.474. The largest absolute Gasteiger partial charge is 0.507 e. The van der Waals surface area contributed by atoms with E-state index < -0.39 is 0 Å². The Labute approximate surface area is 151 Å². The average molecular weight is 342 g/mol. The molecule has 0 bridgehead atoms. The van der Waals surface area contributed by atoms with Gasteiger partial charge in [-0.05, 0) is 61.4 Å². The van der Waals surface area contributed by atoms with Crippen molar-refractivity contribution in [1.29, 1.82) is 0 Å². The SMILES string of the molecule is Cc1ccc2oc(-c3ccc(C)c(N=Cc4ccccc4O)c3)nc2c1. The monoisotopic (exact) mass is 342 g/mol. The van der Waals surface area contributed by atoms with Crippen LogP contribution in [0, 0.1) is 13.8 Å².